The predicted octanol–water partition coefficient (Wildman–Crippen LogP) is 3.24. The standard InChI is InChI=1S/C16H21N/c17-16(13-8-4-9-14(13)16)15(10-5-11-15)12-6-2-1-3-7-12/h1-3,6-7,13-14H,4-5,8-11,17H2. The number of fused-ring (bicyclic) bond motifs is 1. The molecule has 3 fully saturated rings. The molecule has 0 radical (unpaired) electrons. The van der Waals surface area contributed by atoms with Gasteiger partial charge in [-0.1, -0.05) is 43.2 Å². The van der Waals surface area contributed by atoms with Crippen molar-refractivity contribution in [2.24, 2.45) is 17.6 Å². The molecule has 2 atom stereocenters. The lowest BCUT2D eigenvalue weighted by Gasteiger charge is -2.49. The lowest BCUT2D eigenvalue weighted by Crippen LogP contribution is -2.55. The van der Waals surface area contributed by atoms with Crippen molar-refractivity contribution < 1.29 is 0 Å². The van der Waals surface area contributed by atoms with Crippen LogP contribution in [-0.4, -0.2) is 5.54 Å². The molecule has 0 saturated heterocycles. The first kappa shape index (κ1) is 10.1. The van der Waals surface area contributed by atoms with Crippen LogP contribution in [0.5, 0.6) is 0 Å². The molecule has 3 aliphatic carbocycles. The predicted molar refractivity (Wildman–Crippen MR) is 69.7 cm³/mol. The van der Waals surface area contributed by atoms with E-state index in [9.17, 15) is 0 Å². The van der Waals surface area contributed by atoms with Crippen LogP contribution in [0.1, 0.15) is 44.1 Å². The van der Waals surface area contributed by atoms with E-state index in [0.29, 0.717) is 5.41 Å². The van der Waals surface area contributed by atoms with Gasteiger partial charge in [0, 0.05) is 11.0 Å². The average Bonchev–Trinajstić information content (AvgIpc) is 2.71. The summed E-state index contributed by atoms with van der Waals surface area (Å²) in [6.07, 6.45) is 8.19. The van der Waals surface area contributed by atoms with Gasteiger partial charge in [-0.25, -0.2) is 0 Å². The summed E-state index contributed by atoms with van der Waals surface area (Å²) >= 11 is 0. The molecule has 0 spiro atoms. The summed E-state index contributed by atoms with van der Waals surface area (Å²) in [5.74, 6) is 1.67. The molecule has 0 amide bonds. The van der Waals surface area contributed by atoms with Gasteiger partial charge in [0.05, 0.1) is 0 Å². The number of hydrogen-bond donors (Lipinski definition) is 1. The Bertz CT molecular complexity index is 422. The van der Waals surface area contributed by atoms with Gasteiger partial charge in [-0.3, -0.25) is 0 Å². The van der Waals surface area contributed by atoms with E-state index in [0.717, 1.165) is 11.8 Å². The summed E-state index contributed by atoms with van der Waals surface area (Å²) in [7, 11) is 0. The summed E-state index contributed by atoms with van der Waals surface area (Å²) in [5.41, 5.74) is 8.88. The average molecular weight is 227 g/mol. The Morgan fingerprint density at radius 2 is 1.59 bits per heavy atom. The summed E-state index contributed by atoms with van der Waals surface area (Å²) in [4.78, 5) is 0. The molecular formula is C16H21N. The third kappa shape index (κ3) is 1.05. The topological polar surface area (TPSA) is 26.0 Å². The minimum absolute atomic E-state index is 0.158. The quantitative estimate of drug-likeness (QED) is 0.824. The van der Waals surface area contributed by atoms with E-state index in [1.54, 1.807) is 0 Å². The van der Waals surface area contributed by atoms with Crippen LogP contribution in [0, 0.1) is 11.8 Å². The highest BCUT2D eigenvalue weighted by Crippen LogP contribution is 2.71. The van der Waals surface area contributed by atoms with Crippen LogP contribution in [0.15, 0.2) is 30.3 Å². The number of hydrogen-bond acceptors (Lipinski definition) is 1. The zero-order valence-corrected chi connectivity index (χ0v) is 10.4. The number of rotatable bonds is 2. The third-order valence-corrected chi connectivity index (χ3v) is 6.00. The van der Waals surface area contributed by atoms with Crippen molar-refractivity contribution in [2.75, 3.05) is 0 Å². The van der Waals surface area contributed by atoms with E-state index in [2.05, 4.69) is 30.3 Å². The summed E-state index contributed by atoms with van der Waals surface area (Å²) in [6, 6.07) is 11.1. The first-order valence-corrected chi connectivity index (χ1v) is 7.13. The lowest BCUT2D eigenvalue weighted by molar-refractivity contribution is 0.154. The molecule has 3 aliphatic rings. The van der Waals surface area contributed by atoms with Gasteiger partial charge in [0.2, 0.25) is 0 Å². The van der Waals surface area contributed by atoms with Crippen molar-refractivity contribution >= 4 is 0 Å². The van der Waals surface area contributed by atoms with E-state index in [-0.39, 0.29) is 5.54 Å². The zero-order valence-electron chi connectivity index (χ0n) is 10.4. The maximum atomic E-state index is 6.87. The number of nitrogens with two attached hydrogens (primary N) is 1. The second kappa shape index (κ2) is 3.14. The smallest absolute Gasteiger partial charge is 0.0316 e. The molecule has 90 valence electrons. The molecule has 0 aliphatic heterocycles. The Balaban J connectivity index is 1.75. The highest BCUT2D eigenvalue weighted by atomic mass is 15.0. The molecule has 2 unspecified atom stereocenters. The summed E-state index contributed by atoms with van der Waals surface area (Å²) in [6.45, 7) is 0. The fraction of sp³-hybridized carbons (Fsp3) is 0.625. The normalized spacial score (nSPS) is 41.7. The Morgan fingerprint density at radius 3 is 2.12 bits per heavy atom. The Morgan fingerprint density at radius 1 is 0.941 bits per heavy atom. The van der Waals surface area contributed by atoms with Gasteiger partial charge in [0.1, 0.15) is 0 Å². The Kier molecular flexibility index (Phi) is 1.87. The molecule has 0 heterocycles. The molecule has 0 aromatic heterocycles. The molecule has 1 aromatic carbocycles. The maximum absolute atomic E-state index is 6.87. The van der Waals surface area contributed by atoms with Crippen LogP contribution in [0.2, 0.25) is 0 Å². The summed E-state index contributed by atoms with van der Waals surface area (Å²) < 4.78 is 0. The second-order valence-corrected chi connectivity index (χ2v) is 6.38. The van der Waals surface area contributed by atoms with E-state index in [1.807, 2.05) is 0 Å². The van der Waals surface area contributed by atoms with Crippen molar-refractivity contribution in [1.29, 1.82) is 0 Å². The van der Waals surface area contributed by atoms with Crippen LogP contribution in [0.3, 0.4) is 0 Å². The van der Waals surface area contributed by atoms with Crippen molar-refractivity contribution in [3.63, 3.8) is 0 Å². The van der Waals surface area contributed by atoms with Crippen LogP contribution in [0.25, 0.3) is 0 Å². The van der Waals surface area contributed by atoms with E-state index < -0.39 is 0 Å². The molecule has 4 rings (SSSR count). The fourth-order valence-electron chi connectivity index (χ4n) is 4.97. The molecule has 1 nitrogen and oxygen atoms in total. The van der Waals surface area contributed by atoms with E-state index >= 15 is 0 Å². The minimum Gasteiger partial charge on any atom is -0.324 e. The monoisotopic (exact) mass is 227 g/mol. The molecule has 1 heteroatoms. The molecular weight excluding hydrogens is 206 g/mol. The van der Waals surface area contributed by atoms with Gasteiger partial charge < -0.3 is 5.73 Å². The van der Waals surface area contributed by atoms with Crippen LogP contribution in [0.4, 0.5) is 0 Å². The SMILES string of the molecule is NC1(C2(c3ccccc3)CCC2)C2CCCC21. The first-order chi connectivity index (χ1) is 8.29. The zero-order chi connectivity index (χ0) is 11.5. The molecule has 0 bridgehead atoms. The maximum Gasteiger partial charge on any atom is 0.0316 e. The van der Waals surface area contributed by atoms with Gasteiger partial charge in [-0.05, 0) is 43.1 Å². The summed E-state index contributed by atoms with van der Waals surface area (Å²) in [5, 5.41) is 0. The molecule has 17 heavy (non-hydrogen) atoms. The second-order valence-electron chi connectivity index (χ2n) is 6.38. The van der Waals surface area contributed by atoms with Gasteiger partial charge in [0.25, 0.3) is 0 Å². The highest BCUT2D eigenvalue weighted by Gasteiger charge is 2.73. The van der Waals surface area contributed by atoms with E-state index in [1.165, 1.54) is 44.1 Å². The highest BCUT2D eigenvalue weighted by molar-refractivity contribution is 5.41. The van der Waals surface area contributed by atoms with Crippen molar-refractivity contribution in [3.8, 4) is 0 Å². The van der Waals surface area contributed by atoms with Crippen LogP contribution < -0.4 is 5.73 Å². The van der Waals surface area contributed by atoms with Gasteiger partial charge in [-0.2, -0.15) is 0 Å². The number of benzene rings is 1. The van der Waals surface area contributed by atoms with Crippen LogP contribution in [-0.2, 0) is 5.41 Å². The van der Waals surface area contributed by atoms with E-state index in [4.69, 9.17) is 5.73 Å². The first-order valence-electron chi connectivity index (χ1n) is 7.13. The largest absolute Gasteiger partial charge is 0.324 e. The van der Waals surface area contributed by atoms with Gasteiger partial charge in [0.15, 0.2) is 0 Å². The van der Waals surface area contributed by atoms with Crippen LogP contribution >= 0.6 is 0 Å². The third-order valence-electron chi connectivity index (χ3n) is 6.00. The minimum atomic E-state index is 0.158. The van der Waals surface area contributed by atoms with Gasteiger partial charge >= 0.3 is 0 Å². The lowest BCUT2D eigenvalue weighted by atomic mass is 9.57. The van der Waals surface area contributed by atoms with Crippen molar-refractivity contribution in [2.45, 2.75) is 49.5 Å². The molecule has 3 saturated carbocycles. The molecule has 1 aromatic rings. The fourth-order valence-corrected chi connectivity index (χ4v) is 4.97. The van der Waals surface area contributed by atoms with Crippen molar-refractivity contribution in [3.05, 3.63) is 35.9 Å². The Hall–Kier alpha value is -0.820. The Labute approximate surface area is 103 Å². The van der Waals surface area contributed by atoms with Crippen molar-refractivity contribution in [1.82, 2.24) is 0 Å². The molecule has 2 N–H and O–H groups in total. The van der Waals surface area contributed by atoms with Gasteiger partial charge in [-0.15, -0.1) is 0 Å².